The molecule has 0 aromatic rings. The van der Waals surface area contributed by atoms with E-state index in [1.54, 1.807) is 0 Å². The number of carbonyl (C=O) groups is 2. The molecule has 0 amide bonds. The highest BCUT2D eigenvalue weighted by Gasteiger charge is 2.33. The van der Waals surface area contributed by atoms with Crippen molar-refractivity contribution in [2.75, 3.05) is 7.11 Å². The minimum absolute atomic E-state index is 0.379. The Labute approximate surface area is 87.8 Å². The molecular weight excluding hydrogens is 204 g/mol. The van der Waals surface area contributed by atoms with Gasteiger partial charge in [-0.15, -0.1) is 0 Å². The zero-order valence-electron chi connectivity index (χ0n) is 8.91. The lowest BCUT2D eigenvalue weighted by molar-refractivity contribution is -0.171. The van der Waals surface area contributed by atoms with Gasteiger partial charge in [-0.3, -0.25) is 4.79 Å². The molecule has 0 saturated carbocycles. The van der Waals surface area contributed by atoms with E-state index in [-0.39, 0.29) is 0 Å². The van der Waals surface area contributed by atoms with Crippen molar-refractivity contribution >= 4 is 12.3 Å². The molecule has 0 spiro atoms. The van der Waals surface area contributed by atoms with E-state index in [0.717, 1.165) is 6.92 Å². The Morgan fingerprint density at radius 3 is 2.20 bits per heavy atom. The molecule has 2 N–H and O–H groups in total. The molecule has 0 aromatic carbocycles. The Morgan fingerprint density at radius 1 is 1.40 bits per heavy atom. The second-order valence-electron chi connectivity index (χ2n) is 3.14. The summed E-state index contributed by atoms with van der Waals surface area (Å²) in [7, 11) is 1.23. The molecule has 0 fully saturated rings. The second-order valence-corrected chi connectivity index (χ2v) is 3.14. The monoisotopic (exact) mass is 220 g/mol. The third kappa shape index (κ3) is 4.37. The summed E-state index contributed by atoms with van der Waals surface area (Å²) in [4.78, 5) is 21.2. The van der Waals surface area contributed by atoms with E-state index in [0.29, 0.717) is 6.29 Å². The van der Waals surface area contributed by atoms with Crippen molar-refractivity contribution in [1.29, 1.82) is 0 Å². The van der Waals surface area contributed by atoms with E-state index in [1.807, 2.05) is 0 Å². The van der Waals surface area contributed by atoms with Crippen LogP contribution in [0.15, 0.2) is 0 Å². The van der Waals surface area contributed by atoms with Crippen LogP contribution in [0.2, 0.25) is 0 Å². The molecule has 0 radical (unpaired) electrons. The fourth-order valence-electron chi connectivity index (χ4n) is 1.11. The fourth-order valence-corrected chi connectivity index (χ4v) is 1.11. The number of methoxy groups -OCH3 is 1. The number of aldehydes is 1. The van der Waals surface area contributed by atoms with Gasteiger partial charge < -0.3 is 24.5 Å². The van der Waals surface area contributed by atoms with Crippen LogP contribution < -0.4 is 0 Å². The van der Waals surface area contributed by atoms with E-state index < -0.39 is 30.4 Å². The van der Waals surface area contributed by atoms with Gasteiger partial charge in [-0.2, -0.15) is 0 Å². The smallest absolute Gasteiger partial charge is 0.303 e. The van der Waals surface area contributed by atoms with Gasteiger partial charge in [0, 0.05) is 14.0 Å². The number of ether oxygens (including phenoxy) is 2. The minimum atomic E-state index is -1.39. The number of aliphatic hydroxyl groups excluding tert-OH is 2. The quantitative estimate of drug-likeness (QED) is 0.435. The lowest BCUT2D eigenvalue weighted by Crippen LogP contribution is -2.47. The molecule has 0 unspecified atom stereocenters. The Kier molecular flexibility index (Phi) is 6.07. The first kappa shape index (κ1) is 14.0. The van der Waals surface area contributed by atoms with Gasteiger partial charge in [-0.1, -0.05) is 0 Å². The Hall–Kier alpha value is -0.980. The van der Waals surface area contributed by atoms with Crippen molar-refractivity contribution in [3.05, 3.63) is 0 Å². The third-order valence-electron chi connectivity index (χ3n) is 1.86. The molecule has 0 aliphatic rings. The van der Waals surface area contributed by atoms with Gasteiger partial charge in [0.25, 0.3) is 0 Å². The third-order valence-corrected chi connectivity index (χ3v) is 1.86. The molecule has 0 saturated heterocycles. The van der Waals surface area contributed by atoms with Gasteiger partial charge >= 0.3 is 5.97 Å². The topological polar surface area (TPSA) is 93.1 Å². The van der Waals surface area contributed by atoms with E-state index in [1.165, 1.54) is 14.0 Å². The average Bonchev–Trinajstić information content (AvgIpc) is 2.15. The van der Waals surface area contributed by atoms with Crippen molar-refractivity contribution in [3.63, 3.8) is 0 Å². The molecular formula is C9H16O6. The second kappa shape index (κ2) is 6.49. The van der Waals surface area contributed by atoms with Gasteiger partial charge in [-0.25, -0.2) is 0 Å². The molecule has 0 aliphatic carbocycles. The average molecular weight is 220 g/mol. The maximum atomic E-state index is 10.7. The summed E-state index contributed by atoms with van der Waals surface area (Å²) in [6, 6.07) is 0. The van der Waals surface area contributed by atoms with E-state index >= 15 is 0 Å². The van der Waals surface area contributed by atoms with Crippen LogP contribution in [-0.2, 0) is 19.1 Å². The van der Waals surface area contributed by atoms with Crippen molar-refractivity contribution in [2.24, 2.45) is 0 Å². The Balaban J connectivity index is 4.59. The highest BCUT2D eigenvalue weighted by molar-refractivity contribution is 5.66. The van der Waals surface area contributed by atoms with E-state index in [2.05, 4.69) is 9.47 Å². The minimum Gasteiger partial charge on any atom is -0.457 e. The molecule has 0 bridgehead atoms. The molecule has 6 heteroatoms. The number of hydrogen-bond acceptors (Lipinski definition) is 6. The summed E-state index contributed by atoms with van der Waals surface area (Å²) in [6.45, 7) is 2.49. The normalized spacial score (nSPS) is 18.7. The Morgan fingerprint density at radius 2 is 1.93 bits per heavy atom. The molecule has 15 heavy (non-hydrogen) atoms. The van der Waals surface area contributed by atoms with Crippen LogP contribution in [-0.4, -0.2) is 54.0 Å². The molecule has 0 aliphatic heterocycles. The molecule has 4 atom stereocenters. The number of aliphatic hydroxyl groups is 2. The summed E-state index contributed by atoms with van der Waals surface area (Å²) in [5.41, 5.74) is 0. The molecule has 6 nitrogen and oxygen atoms in total. The SMILES string of the molecule is CO[C@H](C=O)[C@H](O)[C@H](OC(C)=O)[C@H](C)O. The van der Waals surface area contributed by atoms with Gasteiger partial charge in [0.05, 0.1) is 6.10 Å². The van der Waals surface area contributed by atoms with Crippen LogP contribution in [0.1, 0.15) is 13.8 Å². The first-order valence-electron chi connectivity index (χ1n) is 4.45. The van der Waals surface area contributed by atoms with E-state index in [4.69, 9.17) is 0 Å². The van der Waals surface area contributed by atoms with Crippen molar-refractivity contribution in [2.45, 2.75) is 38.3 Å². The van der Waals surface area contributed by atoms with Crippen LogP contribution in [0.5, 0.6) is 0 Å². The van der Waals surface area contributed by atoms with Crippen LogP contribution in [0, 0.1) is 0 Å². The zero-order valence-corrected chi connectivity index (χ0v) is 8.91. The number of carbonyl (C=O) groups excluding carboxylic acids is 2. The van der Waals surface area contributed by atoms with Gasteiger partial charge in [-0.05, 0) is 6.92 Å². The van der Waals surface area contributed by atoms with Crippen LogP contribution >= 0.6 is 0 Å². The first-order chi connectivity index (χ1) is 6.93. The molecule has 88 valence electrons. The largest absolute Gasteiger partial charge is 0.457 e. The summed E-state index contributed by atoms with van der Waals surface area (Å²) in [5.74, 6) is -0.652. The van der Waals surface area contributed by atoms with Crippen molar-refractivity contribution in [3.8, 4) is 0 Å². The van der Waals surface area contributed by atoms with Gasteiger partial charge in [0.1, 0.15) is 12.2 Å². The number of hydrogen-bond donors (Lipinski definition) is 2. The van der Waals surface area contributed by atoms with Crippen molar-refractivity contribution in [1.82, 2.24) is 0 Å². The zero-order chi connectivity index (χ0) is 12.0. The summed E-state index contributed by atoms with van der Waals surface area (Å²) < 4.78 is 9.33. The van der Waals surface area contributed by atoms with E-state index in [9.17, 15) is 19.8 Å². The molecule has 0 aromatic heterocycles. The molecule has 0 rings (SSSR count). The highest BCUT2D eigenvalue weighted by atomic mass is 16.6. The summed E-state index contributed by atoms with van der Waals surface area (Å²) in [6.07, 6.45) is -4.43. The van der Waals surface area contributed by atoms with Crippen LogP contribution in [0.3, 0.4) is 0 Å². The maximum Gasteiger partial charge on any atom is 0.303 e. The standard InChI is InChI=1S/C9H16O6/c1-5(11)9(15-6(2)12)8(13)7(4-10)14-3/h4-5,7-9,11,13H,1-3H3/t5-,7+,8-,9+/m0/s1. The van der Waals surface area contributed by atoms with Gasteiger partial charge in [0.15, 0.2) is 12.4 Å². The fraction of sp³-hybridized carbons (Fsp3) is 0.778. The summed E-state index contributed by atoms with van der Waals surface area (Å²) >= 11 is 0. The Bertz CT molecular complexity index is 215. The summed E-state index contributed by atoms with van der Waals surface area (Å²) in [5, 5.41) is 18.9. The van der Waals surface area contributed by atoms with Crippen LogP contribution in [0.25, 0.3) is 0 Å². The predicted octanol–water partition coefficient (Wildman–Crippen LogP) is -1.13. The predicted molar refractivity (Wildman–Crippen MR) is 50.1 cm³/mol. The maximum absolute atomic E-state index is 10.7. The lowest BCUT2D eigenvalue weighted by atomic mass is 10.0. The van der Waals surface area contributed by atoms with Crippen LogP contribution in [0.4, 0.5) is 0 Å². The van der Waals surface area contributed by atoms with Crippen molar-refractivity contribution < 1.29 is 29.3 Å². The number of esters is 1. The highest BCUT2D eigenvalue weighted by Crippen LogP contribution is 2.10. The lowest BCUT2D eigenvalue weighted by Gasteiger charge is -2.27. The first-order valence-corrected chi connectivity index (χ1v) is 4.45. The number of rotatable bonds is 6. The molecule has 0 heterocycles. The van der Waals surface area contributed by atoms with Gasteiger partial charge in [0.2, 0.25) is 0 Å².